The van der Waals surface area contributed by atoms with Crippen molar-refractivity contribution in [3.05, 3.63) is 23.8 Å². The second-order valence-corrected chi connectivity index (χ2v) is 4.49. The fourth-order valence-corrected chi connectivity index (χ4v) is 1.78. The van der Waals surface area contributed by atoms with Gasteiger partial charge in [-0.3, -0.25) is 0 Å². The van der Waals surface area contributed by atoms with Crippen molar-refractivity contribution < 1.29 is 19.0 Å². The van der Waals surface area contributed by atoms with Gasteiger partial charge in [-0.15, -0.1) is 0 Å². The molecule has 0 saturated heterocycles. The molecule has 5 heteroatoms. The molecule has 0 aliphatic carbocycles. The average Bonchev–Trinajstić information content (AvgIpc) is 2.38. The van der Waals surface area contributed by atoms with E-state index in [4.69, 9.17) is 19.9 Å². The third-order valence-electron chi connectivity index (χ3n) is 2.52. The average molecular weight is 281 g/mol. The zero-order chi connectivity index (χ0) is 15.0. The molecule has 0 aromatic heterocycles. The highest BCUT2D eigenvalue weighted by Crippen LogP contribution is 2.29. The van der Waals surface area contributed by atoms with Crippen molar-refractivity contribution in [2.75, 3.05) is 19.8 Å². The molecular formula is C15H23NO4. The van der Waals surface area contributed by atoms with Crippen LogP contribution in [-0.4, -0.2) is 31.8 Å². The summed E-state index contributed by atoms with van der Waals surface area (Å²) < 4.78 is 15.8. The number of esters is 1. The van der Waals surface area contributed by atoms with Crippen LogP contribution in [0.3, 0.4) is 0 Å². The quantitative estimate of drug-likeness (QED) is 0.737. The molecule has 2 N–H and O–H groups in total. The Morgan fingerprint density at radius 3 is 2.55 bits per heavy atom. The Bertz CT molecular complexity index is 432. The third kappa shape index (κ3) is 5.48. The van der Waals surface area contributed by atoms with Crippen LogP contribution in [0.15, 0.2) is 18.2 Å². The topological polar surface area (TPSA) is 70.8 Å². The fourth-order valence-electron chi connectivity index (χ4n) is 1.78. The van der Waals surface area contributed by atoms with Gasteiger partial charge >= 0.3 is 5.97 Å². The van der Waals surface area contributed by atoms with Gasteiger partial charge in [0.25, 0.3) is 0 Å². The maximum absolute atomic E-state index is 11.3. The first kappa shape index (κ1) is 16.3. The predicted molar refractivity (Wildman–Crippen MR) is 77.1 cm³/mol. The number of benzene rings is 1. The highest BCUT2D eigenvalue weighted by atomic mass is 16.6. The summed E-state index contributed by atoms with van der Waals surface area (Å²) in [6.45, 7) is 6.34. The molecule has 0 aliphatic heterocycles. The number of rotatable bonds is 8. The van der Waals surface area contributed by atoms with E-state index in [1.165, 1.54) is 0 Å². The van der Waals surface area contributed by atoms with Gasteiger partial charge in [-0.05, 0) is 44.9 Å². The number of hydrogen-bond acceptors (Lipinski definition) is 5. The van der Waals surface area contributed by atoms with Crippen LogP contribution in [0, 0.1) is 0 Å². The zero-order valence-electron chi connectivity index (χ0n) is 12.3. The van der Waals surface area contributed by atoms with Crippen molar-refractivity contribution in [1.29, 1.82) is 0 Å². The van der Waals surface area contributed by atoms with Crippen molar-refractivity contribution in [3.8, 4) is 11.5 Å². The van der Waals surface area contributed by atoms with Gasteiger partial charge < -0.3 is 19.9 Å². The maximum Gasteiger partial charge on any atom is 0.344 e. The second kappa shape index (κ2) is 8.43. The van der Waals surface area contributed by atoms with Crippen molar-refractivity contribution in [3.63, 3.8) is 0 Å². The molecule has 0 bridgehead atoms. The van der Waals surface area contributed by atoms with E-state index in [1.807, 2.05) is 26.0 Å². The number of carbonyl (C=O) groups is 1. The SMILES string of the molecule is CCOC(=O)COc1ccc(CC(C)N)cc1OCC. The van der Waals surface area contributed by atoms with Crippen molar-refractivity contribution >= 4 is 5.97 Å². The van der Waals surface area contributed by atoms with E-state index in [-0.39, 0.29) is 12.6 Å². The summed E-state index contributed by atoms with van der Waals surface area (Å²) in [5.74, 6) is 0.762. The number of ether oxygens (including phenoxy) is 3. The first-order chi connectivity index (χ1) is 9.56. The Morgan fingerprint density at radius 2 is 1.95 bits per heavy atom. The van der Waals surface area contributed by atoms with Crippen LogP contribution in [0.5, 0.6) is 11.5 Å². The highest BCUT2D eigenvalue weighted by molar-refractivity contribution is 5.71. The van der Waals surface area contributed by atoms with E-state index in [0.717, 1.165) is 12.0 Å². The summed E-state index contributed by atoms with van der Waals surface area (Å²) in [5.41, 5.74) is 6.86. The lowest BCUT2D eigenvalue weighted by Crippen LogP contribution is -2.18. The Balaban J connectivity index is 2.76. The van der Waals surface area contributed by atoms with Gasteiger partial charge in [0, 0.05) is 6.04 Å². The molecule has 0 heterocycles. The highest BCUT2D eigenvalue weighted by Gasteiger charge is 2.10. The lowest BCUT2D eigenvalue weighted by molar-refractivity contribution is -0.145. The number of nitrogens with two attached hydrogens (primary N) is 1. The van der Waals surface area contributed by atoms with E-state index in [1.54, 1.807) is 13.0 Å². The van der Waals surface area contributed by atoms with E-state index in [9.17, 15) is 4.79 Å². The normalized spacial score (nSPS) is 11.8. The van der Waals surface area contributed by atoms with Crippen LogP contribution in [0.2, 0.25) is 0 Å². The molecule has 0 spiro atoms. The minimum atomic E-state index is -0.394. The molecule has 0 saturated carbocycles. The summed E-state index contributed by atoms with van der Waals surface area (Å²) in [7, 11) is 0. The molecule has 0 fully saturated rings. The van der Waals surface area contributed by atoms with Crippen LogP contribution in [0.25, 0.3) is 0 Å². The molecule has 5 nitrogen and oxygen atoms in total. The van der Waals surface area contributed by atoms with Gasteiger partial charge in [-0.1, -0.05) is 6.07 Å². The van der Waals surface area contributed by atoms with Crippen LogP contribution >= 0.6 is 0 Å². The Labute approximate surface area is 120 Å². The van der Waals surface area contributed by atoms with Crippen LogP contribution in [0.4, 0.5) is 0 Å². The smallest absolute Gasteiger partial charge is 0.344 e. The number of carbonyl (C=O) groups excluding carboxylic acids is 1. The first-order valence-corrected chi connectivity index (χ1v) is 6.86. The fraction of sp³-hybridized carbons (Fsp3) is 0.533. The van der Waals surface area contributed by atoms with E-state index >= 15 is 0 Å². The van der Waals surface area contributed by atoms with Gasteiger partial charge in [0.05, 0.1) is 13.2 Å². The third-order valence-corrected chi connectivity index (χ3v) is 2.52. The van der Waals surface area contributed by atoms with E-state index in [0.29, 0.717) is 24.7 Å². The zero-order valence-corrected chi connectivity index (χ0v) is 12.3. The van der Waals surface area contributed by atoms with E-state index < -0.39 is 5.97 Å². The summed E-state index contributed by atoms with van der Waals surface area (Å²) in [5, 5.41) is 0. The van der Waals surface area contributed by atoms with Crippen LogP contribution < -0.4 is 15.2 Å². The molecule has 0 aliphatic rings. The number of hydrogen-bond donors (Lipinski definition) is 1. The van der Waals surface area contributed by atoms with Gasteiger partial charge in [-0.25, -0.2) is 4.79 Å². The molecule has 112 valence electrons. The molecule has 1 aromatic rings. The van der Waals surface area contributed by atoms with Crippen molar-refractivity contribution in [1.82, 2.24) is 0 Å². The monoisotopic (exact) mass is 281 g/mol. The molecule has 1 aromatic carbocycles. The van der Waals surface area contributed by atoms with E-state index in [2.05, 4.69) is 0 Å². The van der Waals surface area contributed by atoms with Gasteiger partial charge in [0.15, 0.2) is 18.1 Å². The maximum atomic E-state index is 11.3. The summed E-state index contributed by atoms with van der Waals surface area (Å²) >= 11 is 0. The largest absolute Gasteiger partial charge is 0.490 e. The molecule has 1 rings (SSSR count). The minimum absolute atomic E-state index is 0.0794. The Kier molecular flexibility index (Phi) is 6.87. The molecular weight excluding hydrogens is 258 g/mol. The molecule has 0 amide bonds. The summed E-state index contributed by atoms with van der Waals surface area (Å²) in [6, 6.07) is 5.69. The molecule has 1 atom stereocenters. The second-order valence-electron chi connectivity index (χ2n) is 4.49. The standard InChI is InChI=1S/C15H23NO4/c1-4-18-14-9-12(8-11(3)16)6-7-13(14)20-10-15(17)19-5-2/h6-7,9,11H,4-5,8,10,16H2,1-3H3. The predicted octanol–water partition coefficient (Wildman–Crippen LogP) is 1.92. The molecule has 1 unspecified atom stereocenters. The van der Waals surface area contributed by atoms with Crippen LogP contribution in [0.1, 0.15) is 26.3 Å². The lowest BCUT2D eigenvalue weighted by atomic mass is 10.1. The Morgan fingerprint density at radius 1 is 1.20 bits per heavy atom. The van der Waals surface area contributed by atoms with Crippen molar-refractivity contribution in [2.24, 2.45) is 5.73 Å². The van der Waals surface area contributed by atoms with Gasteiger partial charge in [0.1, 0.15) is 0 Å². The molecule has 0 radical (unpaired) electrons. The van der Waals surface area contributed by atoms with Crippen LogP contribution in [-0.2, 0) is 16.0 Å². The van der Waals surface area contributed by atoms with Crippen molar-refractivity contribution in [2.45, 2.75) is 33.2 Å². The van der Waals surface area contributed by atoms with Gasteiger partial charge in [-0.2, -0.15) is 0 Å². The first-order valence-electron chi connectivity index (χ1n) is 6.86. The Hall–Kier alpha value is -1.75. The lowest BCUT2D eigenvalue weighted by Gasteiger charge is -2.13. The van der Waals surface area contributed by atoms with Gasteiger partial charge in [0.2, 0.25) is 0 Å². The minimum Gasteiger partial charge on any atom is -0.490 e. The summed E-state index contributed by atoms with van der Waals surface area (Å²) in [4.78, 5) is 11.3. The summed E-state index contributed by atoms with van der Waals surface area (Å²) in [6.07, 6.45) is 0.762. The molecule has 20 heavy (non-hydrogen) atoms.